The molecule has 0 bridgehead atoms. The highest BCUT2D eigenvalue weighted by molar-refractivity contribution is 7.17. The first-order chi connectivity index (χ1) is 12.6. The van der Waals surface area contributed by atoms with Crippen LogP contribution in [0.25, 0.3) is 10.2 Å². The first-order valence-corrected chi connectivity index (χ1v) is 10.1. The van der Waals surface area contributed by atoms with Crippen molar-refractivity contribution in [3.8, 4) is 0 Å². The molecule has 1 fully saturated rings. The van der Waals surface area contributed by atoms with Gasteiger partial charge in [-0.25, -0.2) is 0 Å². The van der Waals surface area contributed by atoms with Crippen LogP contribution in [-0.4, -0.2) is 41.6 Å². The van der Waals surface area contributed by atoms with E-state index in [1.807, 2.05) is 4.90 Å². The lowest BCUT2D eigenvalue weighted by atomic mass is 10.1. The number of rotatable bonds is 3. The summed E-state index contributed by atoms with van der Waals surface area (Å²) in [5.41, 5.74) is 5.97. The summed E-state index contributed by atoms with van der Waals surface area (Å²) in [5, 5.41) is 2.09. The van der Waals surface area contributed by atoms with Crippen molar-refractivity contribution in [2.24, 2.45) is 0 Å². The zero-order chi connectivity index (χ0) is 18.3. The Morgan fingerprint density at radius 1 is 1.12 bits per heavy atom. The van der Waals surface area contributed by atoms with E-state index in [0.717, 1.165) is 38.4 Å². The molecule has 0 saturated carbocycles. The Hall–Kier alpha value is -2.27. The molecule has 0 atom stereocenters. The van der Waals surface area contributed by atoms with Crippen molar-refractivity contribution in [2.75, 3.05) is 31.1 Å². The molecule has 0 radical (unpaired) electrons. The molecule has 136 valence electrons. The third-order valence-corrected chi connectivity index (χ3v) is 6.39. The Morgan fingerprint density at radius 2 is 1.88 bits per heavy atom. The number of hydrogen-bond donors (Lipinski definition) is 0. The number of piperazine rings is 1. The Morgan fingerprint density at radius 3 is 2.62 bits per heavy atom. The van der Waals surface area contributed by atoms with Crippen molar-refractivity contribution in [3.05, 3.63) is 52.5 Å². The van der Waals surface area contributed by atoms with Gasteiger partial charge in [-0.05, 0) is 55.5 Å². The summed E-state index contributed by atoms with van der Waals surface area (Å²) in [4.78, 5) is 17.5. The number of hydrogen-bond acceptors (Lipinski definition) is 3. The monoisotopic (exact) mass is 367 g/mol. The molecule has 1 aromatic carbocycles. The molecule has 2 aromatic heterocycles. The number of anilines is 1. The SMILES string of the molecule is CCn1c(C(=O)N2CCN(c3cccc(C)c3C)CC2)cc2sccc21. The van der Waals surface area contributed by atoms with E-state index in [0.29, 0.717) is 0 Å². The number of fused-ring (bicyclic) bond motifs is 1. The summed E-state index contributed by atoms with van der Waals surface area (Å²) in [7, 11) is 0. The van der Waals surface area contributed by atoms with Crippen LogP contribution in [-0.2, 0) is 6.54 Å². The number of nitrogens with zero attached hydrogens (tertiary/aromatic N) is 3. The second-order valence-corrected chi connectivity index (χ2v) is 7.89. The zero-order valence-corrected chi connectivity index (χ0v) is 16.5. The van der Waals surface area contributed by atoms with E-state index in [1.165, 1.54) is 27.0 Å². The van der Waals surface area contributed by atoms with Crippen LogP contribution < -0.4 is 4.90 Å². The van der Waals surface area contributed by atoms with Gasteiger partial charge < -0.3 is 14.4 Å². The van der Waals surface area contributed by atoms with E-state index in [4.69, 9.17) is 0 Å². The lowest BCUT2D eigenvalue weighted by Gasteiger charge is -2.37. The van der Waals surface area contributed by atoms with Crippen LogP contribution in [0.4, 0.5) is 5.69 Å². The second kappa shape index (κ2) is 6.80. The van der Waals surface area contributed by atoms with Crippen molar-refractivity contribution in [2.45, 2.75) is 27.3 Å². The molecule has 0 unspecified atom stereocenters. The van der Waals surface area contributed by atoms with Gasteiger partial charge in [0.15, 0.2) is 0 Å². The minimum atomic E-state index is 0.163. The van der Waals surface area contributed by atoms with E-state index in [-0.39, 0.29) is 5.91 Å². The maximum Gasteiger partial charge on any atom is 0.270 e. The van der Waals surface area contributed by atoms with E-state index in [9.17, 15) is 4.79 Å². The van der Waals surface area contributed by atoms with Crippen LogP contribution in [0.2, 0.25) is 0 Å². The molecule has 4 nitrogen and oxygen atoms in total. The predicted molar refractivity (Wildman–Crippen MR) is 110 cm³/mol. The van der Waals surface area contributed by atoms with E-state index >= 15 is 0 Å². The number of carbonyl (C=O) groups excluding carboxylic acids is 1. The highest BCUT2D eigenvalue weighted by Crippen LogP contribution is 2.27. The molecule has 1 saturated heterocycles. The standard InChI is InChI=1S/C21H25N3OS/c1-4-24-18-8-13-26-20(18)14-19(24)21(25)23-11-9-22(10-12-23)17-7-5-6-15(2)16(17)3/h5-8,13-14H,4,9-12H2,1-3H3. The van der Waals surface area contributed by atoms with Crippen molar-refractivity contribution < 1.29 is 4.79 Å². The zero-order valence-electron chi connectivity index (χ0n) is 15.7. The topological polar surface area (TPSA) is 28.5 Å². The van der Waals surface area contributed by atoms with Gasteiger partial charge in [0, 0.05) is 38.4 Å². The maximum absolute atomic E-state index is 13.1. The van der Waals surface area contributed by atoms with Crippen LogP contribution in [0.5, 0.6) is 0 Å². The largest absolute Gasteiger partial charge is 0.368 e. The van der Waals surface area contributed by atoms with Gasteiger partial charge in [-0.15, -0.1) is 11.3 Å². The molecule has 4 rings (SSSR count). The molecule has 1 aliphatic heterocycles. The summed E-state index contributed by atoms with van der Waals surface area (Å²) in [6.07, 6.45) is 0. The van der Waals surface area contributed by atoms with E-state index < -0.39 is 0 Å². The van der Waals surface area contributed by atoms with Gasteiger partial charge in [0.25, 0.3) is 5.91 Å². The molecule has 1 amide bonds. The Balaban J connectivity index is 1.51. The van der Waals surface area contributed by atoms with Crippen molar-refractivity contribution in [1.29, 1.82) is 0 Å². The highest BCUT2D eigenvalue weighted by atomic mass is 32.1. The third kappa shape index (κ3) is 2.80. The number of amides is 1. The molecule has 0 aliphatic carbocycles. The smallest absolute Gasteiger partial charge is 0.270 e. The van der Waals surface area contributed by atoms with Gasteiger partial charge in [-0.2, -0.15) is 0 Å². The Kier molecular flexibility index (Phi) is 4.49. The fourth-order valence-corrected chi connectivity index (χ4v) is 4.71. The fourth-order valence-electron chi connectivity index (χ4n) is 3.89. The third-order valence-electron chi connectivity index (χ3n) is 5.54. The lowest BCUT2D eigenvalue weighted by molar-refractivity contribution is 0.0736. The van der Waals surface area contributed by atoms with Gasteiger partial charge in [0.05, 0.1) is 10.2 Å². The molecular weight excluding hydrogens is 342 g/mol. The Labute approximate surface area is 158 Å². The van der Waals surface area contributed by atoms with Crippen molar-refractivity contribution in [3.63, 3.8) is 0 Å². The van der Waals surface area contributed by atoms with Crippen LogP contribution in [0.15, 0.2) is 35.7 Å². The van der Waals surface area contributed by atoms with Crippen LogP contribution in [0, 0.1) is 13.8 Å². The quantitative estimate of drug-likeness (QED) is 0.690. The molecule has 3 aromatic rings. The first-order valence-electron chi connectivity index (χ1n) is 9.27. The number of carbonyl (C=O) groups is 1. The number of aromatic nitrogens is 1. The van der Waals surface area contributed by atoms with E-state index in [2.05, 4.69) is 66.0 Å². The average molecular weight is 368 g/mol. The summed E-state index contributed by atoms with van der Waals surface area (Å²) in [5.74, 6) is 0.163. The predicted octanol–water partition coefficient (Wildman–Crippen LogP) is 4.30. The minimum Gasteiger partial charge on any atom is -0.368 e. The van der Waals surface area contributed by atoms with Gasteiger partial charge >= 0.3 is 0 Å². The number of thiophene rings is 1. The lowest BCUT2D eigenvalue weighted by Crippen LogP contribution is -2.49. The second-order valence-electron chi connectivity index (χ2n) is 6.94. The Bertz CT molecular complexity index is 947. The van der Waals surface area contributed by atoms with Crippen LogP contribution in [0.1, 0.15) is 28.5 Å². The number of benzene rings is 1. The molecule has 3 heterocycles. The van der Waals surface area contributed by atoms with E-state index in [1.54, 1.807) is 11.3 Å². The minimum absolute atomic E-state index is 0.163. The first kappa shape index (κ1) is 17.2. The molecule has 5 heteroatoms. The molecule has 0 N–H and O–H groups in total. The maximum atomic E-state index is 13.1. The summed E-state index contributed by atoms with van der Waals surface area (Å²) < 4.78 is 3.34. The molecular formula is C21H25N3OS. The highest BCUT2D eigenvalue weighted by Gasteiger charge is 2.26. The van der Waals surface area contributed by atoms with Crippen LogP contribution in [0.3, 0.4) is 0 Å². The van der Waals surface area contributed by atoms with Gasteiger partial charge in [-0.3, -0.25) is 4.79 Å². The van der Waals surface area contributed by atoms with Crippen LogP contribution >= 0.6 is 11.3 Å². The molecule has 26 heavy (non-hydrogen) atoms. The van der Waals surface area contributed by atoms with Gasteiger partial charge in [-0.1, -0.05) is 12.1 Å². The molecule has 0 spiro atoms. The van der Waals surface area contributed by atoms with Gasteiger partial charge in [0.2, 0.25) is 0 Å². The summed E-state index contributed by atoms with van der Waals surface area (Å²) >= 11 is 1.70. The summed E-state index contributed by atoms with van der Waals surface area (Å²) in [6, 6.07) is 10.6. The normalized spacial score (nSPS) is 15.0. The van der Waals surface area contributed by atoms with Crippen molar-refractivity contribution in [1.82, 2.24) is 9.47 Å². The number of aryl methyl sites for hydroxylation is 2. The molecule has 1 aliphatic rings. The van der Waals surface area contributed by atoms with Crippen molar-refractivity contribution >= 4 is 33.1 Å². The summed E-state index contributed by atoms with van der Waals surface area (Å²) in [6.45, 7) is 10.6. The average Bonchev–Trinajstić information content (AvgIpc) is 3.24. The van der Waals surface area contributed by atoms with Gasteiger partial charge in [0.1, 0.15) is 5.69 Å². The fraction of sp³-hybridized carbons (Fsp3) is 0.381.